The van der Waals surface area contributed by atoms with Gasteiger partial charge in [-0.25, -0.2) is 0 Å². The molecular formula is C10H7F3N. The van der Waals surface area contributed by atoms with Crippen LogP contribution >= 0.6 is 0 Å². The van der Waals surface area contributed by atoms with Gasteiger partial charge in [-0.1, -0.05) is 6.07 Å². The van der Waals surface area contributed by atoms with Crippen LogP contribution in [0.5, 0.6) is 0 Å². The first kappa shape index (κ1) is 10.6. The molecule has 0 atom stereocenters. The summed E-state index contributed by atoms with van der Waals surface area (Å²) < 4.78 is 36.9. The molecule has 0 aromatic heterocycles. The second-order valence-electron chi connectivity index (χ2n) is 2.74. The number of nitriles is 1. The highest BCUT2D eigenvalue weighted by molar-refractivity contribution is 5.42. The lowest BCUT2D eigenvalue weighted by molar-refractivity contribution is -0.137. The van der Waals surface area contributed by atoms with Crippen molar-refractivity contribution in [3.63, 3.8) is 0 Å². The summed E-state index contributed by atoms with van der Waals surface area (Å²) in [6, 6.07) is 4.99. The molecule has 0 aliphatic rings. The molecule has 0 unspecified atom stereocenters. The van der Waals surface area contributed by atoms with Crippen LogP contribution in [0.25, 0.3) is 0 Å². The fraction of sp³-hybridized carbons (Fsp3) is 0.200. The largest absolute Gasteiger partial charge is 0.417 e. The summed E-state index contributed by atoms with van der Waals surface area (Å²) in [7, 11) is 0. The molecule has 0 aliphatic heterocycles. The first-order chi connectivity index (χ1) is 6.49. The van der Waals surface area contributed by atoms with Gasteiger partial charge in [-0.3, -0.25) is 0 Å². The molecule has 1 nitrogen and oxygen atoms in total. The van der Waals surface area contributed by atoms with Crippen LogP contribution < -0.4 is 0 Å². The van der Waals surface area contributed by atoms with E-state index in [1.807, 2.05) is 0 Å². The van der Waals surface area contributed by atoms with Crippen molar-refractivity contribution in [3.05, 3.63) is 41.8 Å². The monoisotopic (exact) mass is 198 g/mol. The van der Waals surface area contributed by atoms with Crippen molar-refractivity contribution in [3.8, 4) is 6.07 Å². The molecule has 1 rings (SSSR count). The minimum Gasteiger partial charge on any atom is -0.192 e. The quantitative estimate of drug-likeness (QED) is 0.680. The molecule has 0 spiro atoms. The number of alkyl halides is 3. The van der Waals surface area contributed by atoms with Crippen LogP contribution in [0.1, 0.15) is 16.7 Å². The summed E-state index contributed by atoms with van der Waals surface area (Å²) in [6.45, 7) is 3.53. The van der Waals surface area contributed by atoms with Crippen LogP contribution in [-0.4, -0.2) is 0 Å². The summed E-state index contributed by atoms with van der Waals surface area (Å²) in [5.41, 5.74) is -0.620. The Labute approximate surface area is 79.8 Å². The van der Waals surface area contributed by atoms with Crippen molar-refractivity contribution in [2.24, 2.45) is 0 Å². The molecule has 0 saturated heterocycles. The molecule has 14 heavy (non-hydrogen) atoms. The Morgan fingerprint density at radius 1 is 1.36 bits per heavy atom. The molecule has 73 valence electrons. The van der Waals surface area contributed by atoms with E-state index < -0.39 is 11.7 Å². The van der Waals surface area contributed by atoms with Crippen LogP contribution in [0.15, 0.2) is 18.2 Å². The lowest BCUT2D eigenvalue weighted by atomic mass is 10.0. The molecule has 0 saturated carbocycles. The van der Waals surface area contributed by atoms with E-state index in [1.54, 1.807) is 0 Å². The molecule has 0 amide bonds. The lowest BCUT2D eigenvalue weighted by Crippen LogP contribution is -2.08. The summed E-state index contributed by atoms with van der Waals surface area (Å²) in [6.07, 6.45) is -4.10. The highest BCUT2D eigenvalue weighted by Crippen LogP contribution is 2.32. The van der Waals surface area contributed by atoms with E-state index in [9.17, 15) is 13.2 Å². The van der Waals surface area contributed by atoms with Crippen LogP contribution in [-0.2, 0) is 12.6 Å². The molecule has 0 bridgehead atoms. The molecular weight excluding hydrogens is 191 g/mol. The van der Waals surface area contributed by atoms with Gasteiger partial charge < -0.3 is 0 Å². The standard InChI is InChI=1S/C10H7F3N/c1-2-7-3-4-9(10(11,12)13)8(5-7)6-14/h3-5H,1-2H2. The molecule has 1 radical (unpaired) electrons. The predicted molar refractivity (Wildman–Crippen MR) is 45.2 cm³/mol. The zero-order valence-corrected chi connectivity index (χ0v) is 7.23. The molecule has 0 heterocycles. The normalized spacial score (nSPS) is 11.1. The Morgan fingerprint density at radius 2 is 2.00 bits per heavy atom. The number of nitrogens with zero attached hydrogens (tertiary/aromatic N) is 1. The third-order valence-electron chi connectivity index (χ3n) is 1.80. The average molecular weight is 198 g/mol. The second kappa shape index (κ2) is 3.70. The number of rotatable bonds is 1. The predicted octanol–water partition coefficient (Wildman–Crippen LogP) is 2.95. The SMILES string of the molecule is [CH2]Cc1ccc(C(F)(F)F)c(C#N)c1. The molecule has 1 aromatic carbocycles. The first-order valence-corrected chi connectivity index (χ1v) is 3.88. The third kappa shape index (κ3) is 2.05. The van der Waals surface area contributed by atoms with Gasteiger partial charge >= 0.3 is 6.18 Å². The minimum atomic E-state index is -4.47. The zero-order valence-electron chi connectivity index (χ0n) is 7.23. The molecule has 0 aliphatic carbocycles. The third-order valence-corrected chi connectivity index (χ3v) is 1.80. The number of hydrogen-bond acceptors (Lipinski definition) is 1. The van der Waals surface area contributed by atoms with Gasteiger partial charge in [0.15, 0.2) is 0 Å². The van der Waals surface area contributed by atoms with E-state index in [2.05, 4.69) is 6.92 Å². The number of hydrogen-bond donors (Lipinski definition) is 0. The van der Waals surface area contributed by atoms with Gasteiger partial charge in [-0.15, -0.1) is 0 Å². The highest BCUT2D eigenvalue weighted by atomic mass is 19.4. The van der Waals surface area contributed by atoms with Gasteiger partial charge in [0.05, 0.1) is 17.2 Å². The van der Waals surface area contributed by atoms with E-state index in [-0.39, 0.29) is 5.56 Å². The van der Waals surface area contributed by atoms with E-state index in [4.69, 9.17) is 5.26 Å². The van der Waals surface area contributed by atoms with Crippen LogP contribution in [0.4, 0.5) is 13.2 Å². The van der Waals surface area contributed by atoms with Crippen LogP contribution in [0.3, 0.4) is 0 Å². The van der Waals surface area contributed by atoms with E-state index in [1.165, 1.54) is 18.2 Å². The molecule has 4 heteroatoms. The molecule has 0 fully saturated rings. The Hall–Kier alpha value is -1.50. The van der Waals surface area contributed by atoms with Crippen molar-refractivity contribution in [1.29, 1.82) is 5.26 Å². The van der Waals surface area contributed by atoms with E-state index >= 15 is 0 Å². The fourth-order valence-corrected chi connectivity index (χ4v) is 1.09. The number of benzene rings is 1. The van der Waals surface area contributed by atoms with Crippen molar-refractivity contribution < 1.29 is 13.2 Å². The van der Waals surface area contributed by atoms with Crippen molar-refractivity contribution in [2.45, 2.75) is 12.6 Å². The van der Waals surface area contributed by atoms with Crippen LogP contribution in [0.2, 0.25) is 0 Å². The summed E-state index contributed by atoms with van der Waals surface area (Å²) in [4.78, 5) is 0. The first-order valence-electron chi connectivity index (χ1n) is 3.88. The maximum Gasteiger partial charge on any atom is 0.417 e. The van der Waals surface area contributed by atoms with Crippen molar-refractivity contribution >= 4 is 0 Å². The average Bonchev–Trinajstić information content (AvgIpc) is 2.15. The zero-order chi connectivity index (χ0) is 10.8. The van der Waals surface area contributed by atoms with Crippen molar-refractivity contribution in [1.82, 2.24) is 0 Å². The Morgan fingerprint density at radius 3 is 2.43 bits per heavy atom. The summed E-state index contributed by atoms with van der Waals surface area (Å²) in [5, 5.41) is 8.53. The topological polar surface area (TPSA) is 23.8 Å². The molecule has 1 aromatic rings. The Kier molecular flexibility index (Phi) is 2.80. The van der Waals surface area contributed by atoms with Gasteiger partial charge in [0.1, 0.15) is 0 Å². The van der Waals surface area contributed by atoms with Crippen LogP contribution in [0, 0.1) is 18.3 Å². The summed E-state index contributed by atoms with van der Waals surface area (Å²) >= 11 is 0. The lowest BCUT2D eigenvalue weighted by Gasteiger charge is -2.09. The van der Waals surface area contributed by atoms with E-state index in [0.717, 1.165) is 6.07 Å². The van der Waals surface area contributed by atoms with Crippen molar-refractivity contribution in [2.75, 3.05) is 0 Å². The minimum absolute atomic E-state index is 0.348. The highest BCUT2D eigenvalue weighted by Gasteiger charge is 2.33. The summed E-state index contributed by atoms with van der Waals surface area (Å²) in [5.74, 6) is 0. The molecule has 0 N–H and O–H groups in total. The van der Waals surface area contributed by atoms with Gasteiger partial charge in [0.2, 0.25) is 0 Å². The van der Waals surface area contributed by atoms with Gasteiger partial charge in [-0.2, -0.15) is 18.4 Å². The maximum atomic E-state index is 12.3. The Balaban J connectivity index is 3.28. The van der Waals surface area contributed by atoms with Gasteiger partial charge in [0, 0.05) is 0 Å². The Bertz CT molecular complexity index is 374. The van der Waals surface area contributed by atoms with Gasteiger partial charge in [-0.05, 0) is 31.0 Å². The number of halogens is 3. The fourth-order valence-electron chi connectivity index (χ4n) is 1.09. The maximum absolute atomic E-state index is 12.3. The second-order valence-corrected chi connectivity index (χ2v) is 2.74. The smallest absolute Gasteiger partial charge is 0.192 e. The van der Waals surface area contributed by atoms with E-state index in [0.29, 0.717) is 12.0 Å². The van der Waals surface area contributed by atoms with Gasteiger partial charge in [0.25, 0.3) is 0 Å².